The van der Waals surface area contributed by atoms with Gasteiger partial charge in [-0.3, -0.25) is 4.90 Å². The lowest BCUT2D eigenvalue weighted by Crippen LogP contribution is -2.27. The first-order valence-corrected chi connectivity index (χ1v) is 7.01. The zero-order valence-electron chi connectivity index (χ0n) is 10.6. The van der Waals surface area contributed by atoms with Crippen LogP contribution in [0.4, 0.5) is 5.13 Å². The summed E-state index contributed by atoms with van der Waals surface area (Å²) in [4.78, 5) is 2.22. The van der Waals surface area contributed by atoms with Gasteiger partial charge in [-0.2, -0.15) is 0 Å². The number of rotatable bonds is 9. The second-order valence-electron chi connectivity index (χ2n) is 3.88. The van der Waals surface area contributed by atoms with Gasteiger partial charge in [-0.1, -0.05) is 24.7 Å². The van der Waals surface area contributed by atoms with Crippen LogP contribution in [0.3, 0.4) is 0 Å². The smallest absolute Gasteiger partial charge is 0.205 e. The summed E-state index contributed by atoms with van der Waals surface area (Å²) >= 11 is 1.59. The SMILES string of the molecule is CCCCN(CCO)Cc1nnc(NCC)s1. The highest BCUT2D eigenvalue weighted by Crippen LogP contribution is 2.16. The molecule has 0 aliphatic carbocycles. The van der Waals surface area contributed by atoms with Gasteiger partial charge in [-0.15, -0.1) is 10.2 Å². The second-order valence-corrected chi connectivity index (χ2v) is 4.95. The molecular formula is C11H22N4OS. The minimum atomic E-state index is 0.197. The lowest BCUT2D eigenvalue weighted by Gasteiger charge is -2.19. The molecule has 0 radical (unpaired) electrons. The molecule has 1 aromatic heterocycles. The number of aromatic nitrogens is 2. The Kier molecular flexibility index (Phi) is 7.07. The summed E-state index contributed by atoms with van der Waals surface area (Å²) in [6.07, 6.45) is 2.32. The van der Waals surface area contributed by atoms with E-state index in [0.717, 1.165) is 36.2 Å². The Morgan fingerprint density at radius 2 is 2.12 bits per heavy atom. The molecule has 0 unspecified atom stereocenters. The van der Waals surface area contributed by atoms with Gasteiger partial charge in [0.1, 0.15) is 5.01 Å². The maximum absolute atomic E-state index is 9.02. The standard InChI is InChI=1S/C11H22N4OS/c1-3-5-6-15(7-8-16)9-10-13-14-11(17-10)12-4-2/h16H,3-9H2,1-2H3,(H,12,14). The number of unbranched alkanes of at least 4 members (excludes halogenated alkanes) is 1. The van der Waals surface area contributed by atoms with E-state index in [4.69, 9.17) is 5.11 Å². The molecule has 0 amide bonds. The van der Waals surface area contributed by atoms with Gasteiger partial charge in [0.05, 0.1) is 13.2 Å². The van der Waals surface area contributed by atoms with E-state index < -0.39 is 0 Å². The van der Waals surface area contributed by atoms with Gasteiger partial charge in [0.15, 0.2) is 0 Å². The normalized spacial score (nSPS) is 11.1. The highest BCUT2D eigenvalue weighted by molar-refractivity contribution is 7.15. The molecular weight excluding hydrogens is 236 g/mol. The Hall–Kier alpha value is -0.720. The zero-order chi connectivity index (χ0) is 12.5. The number of aliphatic hydroxyl groups is 1. The Balaban J connectivity index is 2.46. The molecule has 17 heavy (non-hydrogen) atoms. The molecule has 2 N–H and O–H groups in total. The molecule has 1 rings (SSSR count). The molecule has 0 aromatic carbocycles. The van der Waals surface area contributed by atoms with Crippen molar-refractivity contribution in [2.75, 3.05) is 31.6 Å². The minimum absolute atomic E-state index is 0.197. The molecule has 98 valence electrons. The fourth-order valence-corrected chi connectivity index (χ4v) is 2.37. The van der Waals surface area contributed by atoms with E-state index >= 15 is 0 Å². The molecule has 0 saturated carbocycles. The van der Waals surface area contributed by atoms with E-state index in [0.29, 0.717) is 6.54 Å². The third kappa shape index (κ3) is 5.43. The number of anilines is 1. The predicted octanol–water partition coefficient (Wildman–Crippen LogP) is 1.56. The molecule has 5 nitrogen and oxygen atoms in total. The van der Waals surface area contributed by atoms with E-state index in [1.165, 1.54) is 6.42 Å². The third-order valence-electron chi connectivity index (χ3n) is 2.40. The lowest BCUT2D eigenvalue weighted by atomic mass is 10.3. The summed E-state index contributed by atoms with van der Waals surface area (Å²) < 4.78 is 0. The lowest BCUT2D eigenvalue weighted by molar-refractivity contribution is 0.188. The van der Waals surface area contributed by atoms with Crippen molar-refractivity contribution in [3.05, 3.63) is 5.01 Å². The van der Waals surface area contributed by atoms with Crippen LogP contribution < -0.4 is 5.32 Å². The van der Waals surface area contributed by atoms with Crippen LogP contribution in [0.2, 0.25) is 0 Å². The van der Waals surface area contributed by atoms with E-state index in [1.54, 1.807) is 11.3 Å². The van der Waals surface area contributed by atoms with Crippen molar-refractivity contribution in [1.82, 2.24) is 15.1 Å². The third-order valence-corrected chi connectivity index (χ3v) is 3.26. The van der Waals surface area contributed by atoms with Crippen LogP contribution in [-0.4, -0.2) is 46.4 Å². The largest absolute Gasteiger partial charge is 0.395 e. The van der Waals surface area contributed by atoms with Crippen LogP contribution in [0.25, 0.3) is 0 Å². The molecule has 1 aromatic rings. The van der Waals surface area contributed by atoms with Gasteiger partial charge >= 0.3 is 0 Å². The molecule has 6 heteroatoms. The minimum Gasteiger partial charge on any atom is -0.395 e. The number of nitrogens with one attached hydrogen (secondary N) is 1. The zero-order valence-corrected chi connectivity index (χ0v) is 11.5. The molecule has 0 aliphatic heterocycles. The van der Waals surface area contributed by atoms with Gasteiger partial charge in [0.2, 0.25) is 5.13 Å². The predicted molar refractivity (Wildman–Crippen MR) is 71.3 cm³/mol. The number of hydrogen-bond donors (Lipinski definition) is 2. The Bertz CT molecular complexity index is 305. The Labute approximate surface area is 107 Å². The van der Waals surface area contributed by atoms with Crippen molar-refractivity contribution in [2.45, 2.75) is 33.2 Å². The first-order chi connectivity index (χ1) is 8.30. The quantitative estimate of drug-likeness (QED) is 0.704. The van der Waals surface area contributed by atoms with Crippen LogP contribution in [-0.2, 0) is 6.54 Å². The molecule has 0 bridgehead atoms. The van der Waals surface area contributed by atoms with Crippen molar-refractivity contribution in [2.24, 2.45) is 0 Å². The molecule has 0 spiro atoms. The van der Waals surface area contributed by atoms with Crippen LogP contribution in [0.5, 0.6) is 0 Å². The van der Waals surface area contributed by atoms with Gasteiger partial charge in [0.25, 0.3) is 0 Å². The number of hydrogen-bond acceptors (Lipinski definition) is 6. The van der Waals surface area contributed by atoms with Crippen molar-refractivity contribution >= 4 is 16.5 Å². The van der Waals surface area contributed by atoms with Gasteiger partial charge in [-0.25, -0.2) is 0 Å². The van der Waals surface area contributed by atoms with E-state index in [-0.39, 0.29) is 6.61 Å². The van der Waals surface area contributed by atoms with E-state index in [1.807, 2.05) is 6.92 Å². The van der Waals surface area contributed by atoms with Crippen molar-refractivity contribution in [3.8, 4) is 0 Å². The summed E-state index contributed by atoms with van der Waals surface area (Å²) in [6, 6.07) is 0. The van der Waals surface area contributed by atoms with E-state index in [9.17, 15) is 0 Å². The summed E-state index contributed by atoms with van der Waals surface area (Å²) in [7, 11) is 0. The summed E-state index contributed by atoms with van der Waals surface area (Å²) in [5.41, 5.74) is 0. The first-order valence-electron chi connectivity index (χ1n) is 6.19. The molecule has 0 fully saturated rings. The molecule has 0 atom stereocenters. The van der Waals surface area contributed by atoms with E-state index in [2.05, 4.69) is 27.3 Å². The summed E-state index contributed by atoms with van der Waals surface area (Å²) in [5, 5.41) is 22.3. The van der Waals surface area contributed by atoms with Crippen LogP contribution in [0.1, 0.15) is 31.7 Å². The monoisotopic (exact) mass is 258 g/mol. The summed E-state index contributed by atoms with van der Waals surface area (Å²) in [5.74, 6) is 0. The maximum atomic E-state index is 9.02. The Morgan fingerprint density at radius 1 is 1.29 bits per heavy atom. The van der Waals surface area contributed by atoms with Gasteiger partial charge in [0, 0.05) is 13.1 Å². The molecule has 1 heterocycles. The fraction of sp³-hybridized carbons (Fsp3) is 0.818. The first kappa shape index (κ1) is 14.3. The van der Waals surface area contributed by atoms with Crippen LogP contribution in [0.15, 0.2) is 0 Å². The fourth-order valence-electron chi connectivity index (χ4n) is 1.52. The van der Waals surface area contributed by atoms with Crippen molar-refractivity contribution in [3.63, 3.8) is 0 Å². The molecule has 0 saturated heterocycles. The van der Waals surface area contributed by atoms with Crippen LogP contribution in [0, 0.1) is 0 Å². The van der Waals surface area contributed by atoms with Gasteiger partial charge in [-0.05, 0) is 19.9 Å². The average molecular weight is 258 g/mol. The maximum Gasteiger partial charge on any atom is 0.205 e. The van der Waals surface area contributed by atoms with Crippen molar-refractivity contribution < 1.29 is 5.11 Å². The molecule has 0 aliphatic rings. The topological polar surface area (TPSA) is 61.3 Å². The highest BCUT2D eigenvalue weighted by Gasteiger charge is 2.09. The summed E-state index contributed by atoms with van der Waals surface area (Å²) in [6.45, 7) is 7.77. The van der Waals surface area contributed by atoms with Gasteiger partial charge < -0.3 is 10.4 Å². The number of nitrogens with zero attached hydrogens (tertiary/aromatic N) is 3. The highest BCUT2D eigenvalue weighted by atomic mass is 32.1. The average Bonchev–Trinajstić information content (AvgIpc) is 2.74. The Morgan fingerprint density at radius 3 is 2.76 bits per heavy atom. The van der Waals surface area contributed by atoms with Crippen molar-refractivity contribution in [1.29, 1.82) is 0 Å². The number of aliphatic hydroxyl groups excluding tert-OH is 1. The van der Waals surface area contributed by atoms with Crippen LogP contribution >= 0.6 is 11.3 Å². The second kappa shape index (κ2) is 8.38.